The van der Waals surface area contributed by atoms with Crippen molar-refractivity contribution in [2.75, 3.05) is 6.61 Å². The van der Waals surface area contributed by atoms with Gasteiger partial charge in [-0.3, -0.25) is 0 Å². The topological polar surface area (TPSA) is 35.2 Å². The molecule has 1 saturated carbocycles. The fourth-order valence-corrected chi connectivity index (χ4v) is 3.20. The molecule has 0 bridgehead atoms. The summed E-state index contributed by atoms with van der Waals surface area (Å²) in [4.78, 5) is 1.24. The highest BCUT2D eigenvalue weighted by Crippen LogP contribution is 2.34. The van der Waals surface area contributed by atoms with Gasteiger partial charge in [-0.25, -0.2) is 0 Å². The van der Waals surface area contributed by atoms with Crippen molar-refractivity contribution in [3.8, 4) is 0 Å². The van der Waals surface area contributed by atoms with Crippen LogP contribution in [0, 0.1) is 5.92 Å². The zero-order valence-electron chi connectivity index (χ0n) is 9.49. The van der Waals surface area contributed by atoms with Gasteiger partial charge in [0.05, 0.1) is 6.61 Å². The molecule has 16 heavy (non-hydrogen) atoms. The number of thiophene rings is 1. The Labute approximate surface area is 109 Å². The van der Waals surface area contributed by atoms with Crippen LogP contribution >= 0.6 is 27.3 Å². The molecule has 90 valence electrons. The number of hydrogen-bond acceptors (Lipinski definition) is 3. The molecule has 0 aromatic carbocycles. The van der Waals surface area contributed by atoms with Crippen molar-refractivity contribution >= 4 is 27.3 Å². The Morgan fingerprint density at radius 3 is 2.88 bits per heavy atom. The first-order chi connectivity index (χ1) is 7.70. The summed E-state index contributed by atoms with van der Waals surface area (Å²) < 4.78 is 7.10. The van der Waals surface area contributed by atoms with Crippen LogP contribution in [-0.2, 0) is 4.74 Å². The first kappa shape index (κ1) is 12.6. The second kappa shape index (κ2) is 5.63. The van der Waals surface area contributed by atoms with Crippen LogP contribution < -0.4 is 5.73 Å². The Kier molecular flexibility index (Phi) is 4.41. The standard InChI is InChI=1S/C12H18BrNOS/c1-2-10(14)12(15-6-8-3-4-8)11-5-9(13)7-16-11/h5,7-8,10,12H,2-4,6,14H2,1H3. The van der Waals surface area contributed by atoms with E-state index in [0.29, 0.717) is 0 Å². The molecule has 0 saturated heterocycles. The van der Waals surface area contributed by atoms with Crippen LogP contribution in [0.2, 0.25) is 0 Å². The lowest BCUT2D eigenvalue weighted by Gasteiger charge is -2.22. The van der Waals surface area contributed by atoms with E-state index in [0.717, 1.165) is 23.4 Å². The number of nitrogens with two attached hydrogens (primary N) is 1. The summed E-state index contributed by atoms with van der Waals surface area (Å²) in [7, 11) is 0. The van der Waals surface area contributed by atoms with E-state index in [1.807, 2.05) is 0 Å². The van der Waals surface area contributed by atoms with Crippen LogP contribution in [0.3, 0.4) is 0 Å². The zero-order valence-corrected chi connectivity index (χ0v) is 11.9. The first-order valence-electron chi connectivity index (χ1n) is 5.81. The number of halogens is 1. The average molecular weight is 304 g/mol. The predicted molar refractivity (Wildman–Crippen MR) is 71.7 cm³/mol. The van der Waals surface area contributed by atoms with E-state index in [2.05, 4.69) is 34.3 Å². The summed E-state index contributed by atoms with van der Waals surface area (Å²) in [6, 6.07) is 2.22. The molecule has 2 unspecified atom stereocenters. The molecule has 1 aliphatic carbocycles. The number of hydrogen-bond donors (Lipinski definition) is 1. The molecule has 2 atom stereocenters. The smallest absolute Gasteiger partial charge is 0.107 e. The first-order valence-corrected chi connectivity index (χ1v) is 7.49. The molecular formula is C12H18BrNOS. The Balaban J connectivity index is 2.00. The summed E-state index contributed by atoms with van der Waals surface area (Å²) in [5.41, 5.74) is 6.13. The normalized spacial score (nSPS) is 19.7. The van der Waals surface area contributed by atoms with Gasteiger partial charge in [0.25, 0.3) is 0 Å². The van der Waals surface area contributed by atoms with Gasteiger partial charge in [-0.05, 0) is 47.2 Å². The highest BCUT2D eigenvalue weighted by atomic mass is 79.9. The summed E-state index contributed by atoms with van der Waals surface area (Å²) in [6.45, 7) is 2.98. The highest BCUT2D eigenvalue weighted by Gasteiger charge is 2.26. The molecule has 1 fully saturated rings. The van der Waals surface area contributed by atoms with Gasteiger partial charge in [0.15, 0.2) is 0 Å². The minimum Gasteiger partial charge on any atom is -0.371 e. The molecule has 0 spiro atoms. The maximum absolute atomic E-state index is 6.13. The molecule has 2 rings (SSSR count). The lowest BCUT2D eigenvalue weighted by atomic mass is 10.1. The molecule has 0 radical (unpaired) electrons. The minimum absolute atomic E-state index is 0.0712. The molecule has 1 heterocycles. The molecule has 0 amide bonds. The van der Waals surface area contributed by atoms with Gasteiger partial charge in [0, 0.05) is 20.8 Å². The summed E-state index contributed by atoms with van der Waals surface area (Å²) >= 11 is 5.20. The Morgan fingerprint density at radius 1 is 1.62 bits per heavy atom. The fraction of sp³-hybridized carbons (Fsp3) is 0.667. The van der Waals surface area contributed by atoms with Gasteiger partial charge in [-0.2, -0.15) is 0 Å². The van der Waals surface area contributed by atoms with Crippen LogP contribution in [0.1, 0.15) is 37.2 Å². The highest BCUT2D eigenvalue weighted by molar-refractivity contribution is 9.10. The molecule has 1 aliphatic rings. The molecule has 0 aliphatic heterocycles. The zero-order chi connectivity index (χ0) is 11.5. The van der Waals surface area contributed by atoms with Crippen LogP contribution in [0.5, 0.6) is 0 Å². The van der Waals surface area contributed by atoms with E-state index < -0.39 is 0 Å². The molecule has 1 aromatic heterocycles. The predicted octanol–water partition coefficient (Wildman–Crippen LogP) is 3.72. The molecule has 4 heteroatoms. The Bertz CT molecular complexity index is 338. The van der Waals surface area contributed by atoms with Gasteiger partial charge in [-0.1, -0.05) is 6.92 Å². The van der Waals surface area contributed by atoms with E-state index in [4.69, 9.17) is 10.5 Å². The second-order valence-electron chi connectivity index (χ2n) is 4.44. The van der Waals surface area contributed by atoms with E-state index >= 15 is 0 Å². The quantitative estimate of drug-likeness (QED) is 0.869. The molecule has 2 N–H and O–H groups in total. The van der Waals surface area contributed by atoms with Gasteiger partial charge < -0.3 is 10.5 Å². The van der Waals surface area contributed by atoms with E-state index in [1.54, 1.807) is 11.3 Å². The molecular weight excluding hydrogens is 286 g/mol. The summed E-state index contributed by atoms with van der Waals surface area (Å²) in [5, 5.41) is 2.09. The van der Waals surface area contributed by atoms with Crippen molar-refractivity contribution in [3.05, 3.63) is 20.8 Å². The van der Waals surface area contributed by atoms with Gasteiger partial charge >= 0.3 is 0 Å². The van der Waals surface area contributed by atoms with Crippen LogP contribution in [-0.4, -0.2) is 12.6 Å². The maximum Gasteiger partial charge on any atom is 0.107 e. The second-order valence-corrected chi connectivity index (χ2v) is 6.30. The summed E-state index contributed by atoms with van der Waals surface area (Å²) in [6.07, 6.45) is 3.66. The van der Waals surface area contributed by atoms with Crippen LogP contribution in [0.15, 0.2) is 15.9 Å². The number of rotatable bonds is 6. The van der Waals surface area contributed by atoms with Crippen molar-refractivity contribution in [2.45, 2.75) is 38.3 Å². The van der Waals surface area contributed by atoms with Crippen molar-refractivity contribution < 1.29 is 4.74 Å². The lowest BCUT2D eigenvalue weighted by Crippen LogP contribution is -2.29. The summed E-state index contributed by atoms with van der Waals surface area (Å²) in [5.74, 6) is 0.787. The van der Waals surface area contributed by atoms with Crippen LogP contribution in [0.4, 0.5) is 0 Å². The van der Waals surface area contributed by atoms with Gasteiger partial charge in [0.2, 0.25) is 0 Å². The van der Waals surface area contributed by atoms with Crippen LogP contribution in [0.25, 0.3) is 0 Å². The van der Waals surface area contributed by atoms with E-state index in [9.17, 15) is 0 Å². The third-order valence-corrected chi connectivity index (χ3v) is 4.69. The maximum atomic E-state index is 6.13. The third-order valence-electron chi connectivity index (χ3n) is 2.94. The largest absolute Gasteiger partial charge is 0.371 e. The average Bonchev–Trinajstić information content (AvgIpc) is 3.01. The Hall–Kier alpha value is 0.1000. The minimum atomic E-state index is 0.0712. The molecule has 1 aromatic rings. The van der Waals surface area contributed by atoms with Gasteiger partial charge in [-0.15, -0.1) is 11.3 Å². The SMILES string of the molecule is CCC(N)C(OCC1CC1)c1cc(Br)cs1. The van der Waals surface area contributed by atoms with Crippen molar-refractivity contribution in [2.24, 2.45) is 11.7 Å². The number of ether oxygens (including phenoxy) is 1. The van der Waals surface area contributed by atoms with Crippen molar-refractivity contribution in [1.82, 2.24) is 0 Å². The Morgan fingerprint density at radius 2 is 2.38 bits per heavy atom. The fourth-order valence-electron chi connectivity index (χ4n) is 1.63. The monoisotopic (exact) mass is 303 g/mol. The van der Waals surface area contributed by atoms with Crippen molar-refractivity contribution in [3.63, 3.8) is 0 Å². The van der Waals surface area contributed by atoms with Crippen molar-refractivity contribution in [1.29, 1.82) is 0 Å². The lowest BCUT2D eigenvalue weighted by molar-refractivity contribution is 0.0291. The third kappa shape index (κ3) is 3.29. The van der Waals surface area contributed by atoms with E-state index in [-0.39, 0.29) is 12.1 Å². The van der Waals surface area contributed by atoms with E-state index in [1.165, 1.54) is 17.7 Å². The molecule has 2 nitrogen and oxygen atoms in total. The van der Waals surface area contributed by atoms with Gasteiger partial charge in [0.1, 0.15) is 6.10 Å².